The van der Waals surface area contributed by atoms with E-state index in [-0.39, 0.29) is 39.1 Å². The number of hydrogen-bond acceptors (Lipinski definition) is 8. The van der Waals surface area contributed by atoms with Gasteiger partial charge in [-0.3, -0.25) is 9.59 Å². The summed E-state index contributed by atoms with van der Waals surface area (Å²) in [6.45, 7) is 8.21. The standard InChI is InChI=1S/2C19H21N3O.C4H6O6.Cd/c2*1-13-5-8-15(9-6-13)19-16(11-18(23)21(3)4)22-12-14(2)7-10-17(22)20-19;5-1(3(7)8)2(6)4(9)10;/h2*5-10,12H,11H2,1-4H3;1-2,5-6H,(H,7,8)(H,9,10);/t;;1-,2-;/m..1./s1. The molecule has 6 aromatic rings. The van der Waals surface area contributed by atoms with E-state index >= 15 is 0 Å². The van der Waals surface area contributed by atoms with Gasteiger partial charge in [0.2, 0.25) is 11.8 Å². The number of hydrogen-bond donors (Lipinski definition) is 4. The van der Waals surface area contributed by atoms with Crippen LogP contribution in [0.5, 0.6) is 0 Å². The molecule has 14 nitrogen and oxygen atoms in total. The summed E-state index contributed by atoms with van der Waals surface area (Å²) in [5, 5.41) is 32.5. The second kappa shape index (κ2) is 20.1. The number of carbonyl (C=O) groups excluding carboxylic acids is 2. The van der Waals surface area contributed by atoms with Gasteiger partial charge < -0.3 is 39.0 Å². The van der Waals surface area contributed by atoms with Gasteiger partial charge in [-0.2, -0.15) is 0 Å². The normalized spacial score (nSPS) is 11.6. The molecular formula is C42H48CdN6O8. The summed E-state index contributed by atoms with van der Waals surface area (Å²) >= 11 is 0. The Morgan fingerprint density at radius 3 is 1.12 bits per heavy atom. The number of aromatic nitrogens is 4. The number of carboxylic acids is 2. The van der Waals surface area contributed by atoms with Gasteiger partial charge in [-0.1, -0.05) is 71.8 Å². The molecule has 0 radical (unpaired) electrons. The Hall–Kier alpha value is -5.46. The summed E-state index contributed by atoms with van der Waals surface area (Å²) in [6, 6.07) is 24.6. The molecule has 0 unspecified atom stereocenters. The molecule has 2 atom stereocenters. The van der Waals surface area contributed by atoms with Gasteiger partial charge in [0.05, 0.1) is 35.6 Å². The first kappa shape index (κ1) is 45.9. The van der Waals surface area contributed by atoms with Crippen molar-refractivity contribution in [2.45, 2.75) is 52.7 Å². The first-order valence-corrected chi connectivity index (χ1v) is 17.7. The maximum atomic E-state index is 12.3. The number of carboxylic acid groups (broad SMARTS) is 2. The van der Waals surface area contributed by atoms with E-state index in [1.54, 1.807) is 38.0 Å². The molecule has 0 aliphatic carbocycles. The van der Waals surface area contributed by atoms with Crippen LogP contribution in [0.25, 0.3) is 33.8 Å². The number of imidazole rings is 2. The minimum atomic E-state index is -2.27. The summed E-state index contributed by atoms with van der Waals surface area (Å²) in [4.78, 5) is 56.8. The quantitative estimate of drug-likeness (QED) is 0.152. The van der Waals surface area contributed by atoms with Crippen LogP contribution in [0, 0.1) is 27.7 Å². The van der Waals surface area contributed by atoms with Gasteiger partial charge in [0.1, 0.15) is 11.3 Å². The molecule has 6 rings (SSSR count). The minimum absolute atomic E-state index is 0. The number of rotatable bonds is 9. The predicted octanol–water partition coefficient (Wildman–Crippen LogP) is 4.37. The molecule has 0 aliphatic heterocycles. The van der Waals surface area contributed by atoms with Crippen LogP contribution in [0.15, 0.2) is 85.2 Å². The number of likely N-dealkylation sites (N-methyl/N-ethyl adjacent to an activating group) is 2. The van der Waals surface area contributed by atoms with Crippen LogP contribution < -0.4 is 0 Å². The van der Waals surface area contributed by atoms with Crippen molar-refractivity contribution in [1.29, 1.82) is 0 Å². The zero-order valence-corrected chi connectivity index (χ0v) is 37.5. The van der Waals surface area contributed by atoms with Crippen LogP contribution >= 0.6 is 0 Å². The van der Waals surface area contributed by atoms with Crippen molar-refractivity contribution >= 4 is 35.0 Å². The van der Waals surface area contributed by atoms with E-state index in [1.807, 2.05) is 59.3 Å². The Bertz CT molecular complexity index is 2190. The zero-order valence-electron chi connectivity index (χ0n) is 33.5. The van der Waals surface area contributed by atoms with Crippen LogP contribution in [-0.4, -0.2) is 113 Å². The Morgan fingerprint density at radius 1 is 0.544 bits per heavy atom. The van der Waals surface area contributed by atoms with Crippen LogP contribution in [-0.2, 0) is 59.3 Å². The molecule has 2 amide bonds. The fourth-order valence-electron chi connectivity index (χ4n) is 5.49. The van der Waals surface area contributed by atoms with Gasteiger partial charge in [0, 0.05) is 79.0 Å². The smallest absolute Gasteiger partial charge is 0.335 e. The Labute approximate surface area is 351 Å². The molecule has 296 valence electrons. The second-order valence-electron chi connectivity index (χ2n) is 13.9. The van der Waals surface area contributed by atoms with Crippen molar-refractivity contribution in [2.75, 3.05) is 28.2 Å². The topological polar surface area (TPSA) is 190 Å². The van der Waals surface area contributed by atoms with Crippen molar-refractivity contribution in [3.05, 3.63) is 119 Å². The predicted molar refractivity (Wildman–Crippen MR) is 212 cm³/mol. The minimum Gasteiger partial charge on any atom is -0.479 e. The third kappa shape index (κ3) is 11.8. The number of nitrogens with zero attached hydrogens (tertiary/aromatic N) is 6. The third-order valence-electron chi connectivity index (χ3n) is 8.82. The second-order valence-corrected chi connectivity index (χ2v) is 13.9. The first-order chi connectivity index (χ1) is 26.4. The van der Waals surface area contributed by atoms with Crippen molar-refractivity contribution < 1.29 is 66.9 Å². The van der Waals surface area contributed by atoms with Crippen molar-refractivity contribution in [3.63, 3.8) is 0 Å². The first-order valence-electron chi connectivity index (χ1n) is 17.7. The summed E-state index contributed by atoms with van der Waals surface area (Å²) in [6.07, 6.45) is 0.216. The molecule has 0 fully saturated rings. The van der Waals surface area contributed by atoms with Crippen molar-refractivity contribution in [1.82, 2.24) is 28.6 Å². The number of pyridine rings is 2. The summed E-state index contributed by atoms with van der Waals surface area (Å²) in [5.41, 5.74) is 12.2. The van der Waals surface area contributed by atoms with E-state index in [4.69, 9.17) is 30.4 Å². The molecule has 57 heavy (non-hydrogen) atoms. The van der Waals surface area contributed by atoms with Gasteiger partial charge in [-0.25, -0.2) is 19.6 Å². The molecule has 0 saturated heterocycles. The van der Waals surface area contributed by atoms with Gasteiger partial charge in [-0.05, 0) is 51.0 Å². The van der Waals surface area contributed by atoms with Crippen molar-refractivity contribution in [3.8, 4) is 22.5 Å². The summed E-state index contributed by atoms with van der Waals surface area (Å²) < 4.78 is 4.07. The van der Waals surface area contributed by atoms with E-state index in [9.17, 15) is 19.2 Å². The van der Waals surface area contributed by atoms with Crippen LogP contribution in [0.2, 0.25) is 0 Å². The number of benzene rings is 2. The largest absolute Gasteiger partial charge is 0.479 e. The van der Waals surface area contributed by atoms with Crippen LogP contribution in [0.1, 0.15) is 33.6 Å². The van der Waals surface area contributed by atoms with E-state index in [0.29, 0.717) is 12.8 Å². The molecule has 0 spiro atoms. The number of fused-ring (bicyclic) bond motifs is 2. The molecule has 2 aromatic carbocycles. The monoisotopic (exact) mass is 878 g/mol. The van der Waals surface area contributed by atoms with Crippen LogP contribution in [0.4, 0.5) is 0 Å². The number of amides is 2. The van der Waals surface area contributed by atoms with Gasteiger partial charge in [0.15, 0.2) is 12.2 Å². The molecule has 4 heterocycles. The number of aliphatic hydroxyl groups excluding tert-OH is 2. The summed E-state index contributed by atoms with van der Waals surface area (Å²) in [7, 11) is 7.12. The number of aryl methyl sites for hydroxylation is 4. The van der Waals surface area contributed by atoms with Crippen molar-refractivity contribution in [2.24, 2.45) is 0 Å². The maximum absolute atomic E-state index is 12.3. The Balaban J connectivity index is 0.000000245. The van der Waals surface area contributed by atoms with E-state index < -0.39 is 24.1 Å². The van der Waals surface area contributed by atoms with Gasteiger partial charge in [0.25, 0.3) is 0 Å². The average Bonchev–Trinajstić information content (AvgIpc) is 3.69. The molecular weight excluding hydrogens is 829 g/mol. The SMILES string of the molecule is Cc1ccc(-c2nc3ccc(C)cn3c2CC(=O)N(C)C)cc1.Cc1ccc(-c2nc3ccc(C)cn3c2CC(=O)N(C)C)cc1.O=C(O)[C@H](O)[C@@H](O)C(=O)O.[Cd]. The average molecular weight is 877 g/mol. The number of aliphatic hydroxyl groups is 2. The summed E-state index contributed by atoms with van der Waals surface area (Å²) in [5.74, 6) is -3.40. The maximum Gasteiger partial charge on any atom is 0.335 e. The van der Waals surface area contributed by atoms with Gasteiger partial charge >= 0.3 is 11.9 Å². The van der Waals surface area contributed by atoms with E-state index in [2.05, 4.69) is 62.4 Å². The van der Waals surface area contributed by atoms with E-state index in [0.717, 1.165) is 56.3 Å². The Morgan fingerprint density at radius 2 is 0.842 bits per heavy atom. The molecule has 15 heteroatoms. The molecule has 4 aromatic heterocycles. The van der Waals surface area contributed by atoms with E-state index in [1.165, 1.54) is 11.1 Å². The molecule has 4 N–H and O–H groups in total. The third-order valence-corrected chi connectivity index (χ3v) is 8.82. The molecule has 0 aliphatic rings. The fraction of sp³-hybridized carbons (Fsp3) is 0.286. The fourth-order valence-corrected chi connectivity index (χ4v) is 5.49. The van der Waals surface area contributed by atoms with Gasteiger partial charge in [-0.15, -0.1) is 0 Å². The Kier molecular flexibility index (Phi) is 16.2. The molecule has 0 bridgehead atoms. The molecule has 0 saturated carbocycles. The van der Waals surface area contributed by atoms with Crippen LogP contribution in [0.3, 0.4) is 0 Å². The number of carbonyl (C=O) groups is 4. The number of aliphatic carboxylic acids is 2. The zero-order chi connectivity index (χ0) is 41.4.